The van der Waals surface area contributed by atoms with Crippen molar-refractivity contribution in [2.45, 2.75) is 321 Å². The van der Waals surface area contributed by atoms with Crippen molar-refractivity contribution in [1.82, 2.24) is 75.6 Å². The average Bonchev–Trinajstić information content (AvgIpc) is 1.65. The van der Waals surface area contributed by atoms with Gasteiger partial charge in [0.2, 0.25) is 0 Å². The number of halogens is 3. The topological polar surface area (TPSA) is 252 Å². The van der Waals surface area contributed by atoms with Crippen LogP contribution in [-0.4, -0.2) is 145 Å². The molecule has 4 aromatic heterocycles. The zero-order valence-corrected chi connectivity index (χ0v) is 71.9. The van der Waals surface area contributed by atoms with Crippen LogP contribution in [0.15, 0.2) is 80.0 Å². The highest BCUT2D eigenvalue weighted by molar-refractivity contribution is 5.21. The van der Waals surface area contributed by atoms with Crippen LogP contribution in [0.1, 0.15) is 266 Å². The third-order valence-corrected chi connectivity index (χ3v) is 38.5. The lowest BCUT2D eigenvalue weighted by Gasteiger charge is -2.57. The smallest absolute Gasteiger partial charge is 0.266 e. The van der Waals surface area contributed by atoms with Crippen molar-refractivity contribution >= 4 is 0 Å². The Labute approximate surface area is 695 Å². The fraction of sp³-hybridized carbons (Fsp3) is 0.862. The van der Waals surface area contributed by atoms with Crippen LogP contribution in [0.25, 0.3) is 0 Å². The molecule has 20 nitrogen and oxygen atoms in total. The summed E-state index contributed by atoms with van der Waals surface area (Å²) in [7, 11) is 1.71. The summed E-state index contributed by atoms with van der Waals surface area (Å²) in [6, 6.07) is 0. The summed E-state index contributed by atoms with van der Waals surface area (Å²) in [6.45, 7) is 32.7. The van der Waals surface area contributed by atoms with Gasteiger partial charge < -0.3 is 25.2 Å². The SMILES string of the molecule is C=C(Cn1nccn1)[C@H]1CC[C@H]2[C@@H]3CC[C@H]4C[C@@](O)(C(F)F)CC[C@@H]4[C@H]3CC[C@]12C.C=C(Cn1ncnn1)[C@H]1CC[C@H]2[C@@H]3CC[C@H]4C[C@@](O)(CF)CC[C@@H]4[C@H]3CC[C@]12C.C=C(Cn1ncnn1)[C@H]1CC[C@H]2[C@@H]3CC[C@H]4C[C@@](O)(COC)CC[C@@H]4[C@H]3CC[C@]12C.C=C(Cn1ncnn1)[C@H]1CC[C@H]2[C@@H]3CC[C@H]4C[C@](C)(O)CC[C@@H]4[C@H]3CC[C@]12C. The van der Waals surface area contributed by atoms with E-state index in [0.717, 1.165) is 122 Å². The van der Waals surface area contributed by atoms with Gasteiger partial charge in [0.25, 0.3) is 6.43 Å². The summed E-state index contributed by atoms with van der Waals surface area (Å²) in [6.07, 6.45) is 45.9. The lowest BCUT2D eigenvalue weighted by atomic mass is 9.48. The number of methoxy groups -OCH3 is 1. The summed E-state index contributed by atoms with van der Waals surface area (Å²) >= 11 is 0. The quantitative estimate of drug-likeness (QED) is 0.0761. The molecule has 0 spiro atoms. The number of rotatable bonds is 16. The van der Waals surface area contributed by atoms with Gasteiger partial charge in [0, 0.05) is 7.11 Å². The van der Waals surface area contributed by atoms with Crippen LogP contribution >= 0.6 is 0 Å². The van der Waals surface area contributed by atoms with Crippen LogP contribution in [0.3, 0.4) is 0 Å². The molecule has 0 aliphatic heterocycles. The maximum atomic E-state index is 13.4. The van der Waals surface area contributed by atoms with Crippen LogP contribution in [0.4, 0.5) is 13.2 Å². The standard InChI is InChI=1S/C24H35F2N3O.C24H38N4O2.C23H35FN4O.C23H36N4O/c1-15(14-29-27-11-12-28-29)20-5-6-21-19-4-3-16-13-24(30,22(25)26)10-8-17(16)18(19)7-9-23(20,21)2;1-16(13-28-26-15-25-27-28)21-6-7-22-20-5-4-17-12-24(29,14-30-3)11-9-18(17)19(20)8-10-23(21,22)2;1-15(12-28-26-14-25-27-28)20-5-6-21-19-4-3-16-11-23(29,13-24)10-8-17(16)18(19)7-9-22(20,21)2;1-15(13-27-25-14-24-26-27)20-6-7-21-19-5-4-16-12-22(2,28)10-8-17(16)18(19)9-11-23(20,21)3/h11-12,16-22,30H,1,3-10,13-14H2,2H3;15,17-22,29H,1,4-14H2,2-3H3;14,16-21,29H,1,3-13H2,2H3;14,16-21,28H,1,4-13H2,2-3H3/t16-,17-,18+,19+,20+,21-,23+,24+;17-,18-,19+,20+,21+,22-,23+,24+;2*16-,17-,18+,19+,20+,21-,22+,23+/m0000/s1. The van der Waals surface area contributed by atoms with Crippen molar-refractivity contribution in [1.29, 1.82) is 0 Å². The molecule has 20 rings (SSSR count). The molecule has 16 aliphatic rings. The molecule has 16 aliphatic carbocycles. The normalized spacial score (nSPS) is 46.3. The zero-order valence-electron chi connectivity index (χ0n) is 71.9. The second kappa shape index (κ2) is 33.2. The van der Waals surface area contributed by atoms with Crippen molar-refractivity contribution in [2.75, 3.05) is 20.4 Å². The monoisotopic (exact) mass is 1620 g/mol. The van der Waals surface area contributed by atoms with Gasteiger partial charge in [-0.05, 0) is 417 Å². The minimum atomic E-state index is -2.61. The highest BCUT2D eigenvalue weighted by Gasteiger charge is 2.64. The molecule has 0 saturated heterocycles. The fourth-order valence-corrected chi connectivity index (χ4v) is 33.6. The van der Waals surface area contributed by atoms with Gasteiger partial charge in [0.05, 0.1) is 62.0 Å². The second-order valence-corrected chi connectivity index (χ2v) is 43.9. The third kappa shape index (κ3) is 15.9. The van der Waals surface area contributed by atoms with Gasteiger partial charge in [-0.1, -0.05) is 76.3 Å². The van der Waals surface area contributed by atoms with E-state index in [1.54, 1.807) is 38.7 Å². The molecule has 32 atom stereocenters. The van der Waals surface area contributed by atoms with E-state index >= 15 is 0 Å². The minimum absolute atomic E-state index is 0.271. The summed E-state index contributed by atoms with van der Waals surface area (Å²) in [5.74, 6) is 17.0. The van der Waals surface area contributed by atoms with Crippen molar-refractivity contribution in [3.63, 3.8) is 0 Å². The highest BCUT2D eigenvalue weighted by Crippen LogP contribution is 2.71. The Kier molecular flexibility index (Phi) is 23.9. The summed E-state index contributed by atoms with van der Waals surface area (Å²) in [5, 5.41) is 87.2. The van der Waals surface area contributed by atoms with Crippen LogP contribution in [0, 0.1) is 164 Å². The van der Waals surface area contributed by atoms with Gasteiger partial charge >= 0.3 is 0 Å². The molecule has 16 saturated carbocycles. The first-order valence-electron chi connectivity index (χ1n) is 47.0. The zero-order chi connectivity index (χ0) is 81.8. The molecule has 0 radical (unpaired) electrons. The third-order valence-electron chi connectivity index (χ3n) is 38.5. The van der Waals surface area contributed by atoms with E-state index in [1.165, 1.54) is 195 Å². The van der Waals surface area contributed by atoms with E-state index in [4.69, 9.17) is 4.74 Å². The molecule has 4 aromatic rings. The number of alkyl halides is 3. The molecule has 0 bridgehead atoms. The predicted molar refractivity (Wildman–Crippen MR) is 442 cm³/mol. The highest BCUT2D eigenvalue weighted by atomic mass is 19.3. The molecular weight excluding hydrogens is 1480 g/mol. The maximum absolute atomic E-state index is 13.4. The predicted octanol–water partition coefficient (Wildman–Crippen LogP) is 17.4. The molecule has 16 fully saturated rings. The molecule has 117 heavy (non-hydrogen) atoms. The van der Waals surface area contributed by atoms with E-state index in [0.29, 0.717) is 133 Å². The Morgan fingerprint density at radius 3 is 1.03 bits per heavy atom. The van der Waals surface area contributed by atoms with Crippen LogP contribution in [0.5, 0.6) is 0 Å². The average molecular weight is 1620 g/mol. The summed E-state index contributed by atoms with van der Waals surface area (Å²) in [4.78, 5) is 6.76. The van der Waals surface area contributed by atoms with E-state index in [1.807, 2.05) is 0 Å². The van der Waals surface area contributed by atoms with Crippen molar-refractivity contribution in [3.8, 4) is 0 Å². The first kappa shape index (κ1) is 84.1. The number of aromatic nitrogens is 15. The Bertz CT molecular complexity index is 4060. The number of ether oxygens (including phenoxy) is 1. The van der Waals surface area contributed by atoms with Gasteiger partial charge in [0.15, 0.2) is 19.0 Å². The van der Waals surface area contributed by atoms with Crippen molar-refractivity contribution < 1.29 is 38.3 Å². The molecule has 23 heteroatoms. The Hall–Kier alpha value is -5.10. The number of hydrogen-bond acceptors (Lipinski definition) is 16. The summed E-state index contributed by atoms with van der Waals surface area (Å²) < 4.78 is 45.5. The van der Waals surface area contributed by atoms with Crippen molar-refractivity contribution in [3.05, 3.63) is 80.0 Å². The molecule has 0 amide bonds. The number of allylic oxidation sites excluding steroid dienone is 4. The Balaban J connectivity index is 0.000000112. The van der Waals surface area contributed by atoms with E-state index in [9.17, 15) is 33.6 Å². The van der Waals surface area contributed by atoms with Crippen LogP contribution < -0.4 is 0 Å². The molecule has 4 heterocycles. The lowest BCUT2D eigenvalue weighted by molar-refractivity contribution is -0.159. The number of fused-ring (bicyclic) bond motifs is 20. The van der Waals surface area contributed by atoms with Crippen LogP contribution in [-0.2, 0) is 30.9 Å². The first-order valence-corrected chi connectivity index (χ1v) is 47.0. The van der Waals surface area contributed by atoms with Crippen molar-refractivity contribution in [2.24, 2.45) is 164 Å². The van der Waals surface area contributed by atoms with Gasteiger partial charge in [-0.15, -0.1) is 30.6 Å². The van der Waals surface area contributed by atoms with Gasteiger partial charge in [-0.3, -0.25) is 0 Å². The van der Waals surface area contributed by atoms with E-state index < -0.39 is 35.5 Å². The first-order chi connectivity index (χ1) is 56.1. The molecule has 0 unspecified atom stereocenters. The maximum Gasteiger partial charge on any atom is 0.266 e. The molecule has 646 valence electrons. The van der Waals surface area contributed by atoms with E-state index in [-0.39, 0.29) is 17.8 Å². The number of aliphatic hydroxyl groups is 4. The second-order valence-electron chi connectivity index (χ2n) is 43.9. The molecule has 4 N–H and O–H groups in total. The number of hydrogen-bond donors (Lipinski definition) is 4. The Morgan fingerprint density at radius 1 is 0.368 bits per heavy atom. The van der Waals surface area contributed by atoms with Gasteiger partial charge in [-0.25, -0.2) is 13.2 Å². The molecular formula is C94H144F3N15O5. The van der Waals surface area contributed by atoms with E-state index in [2.05, 4.69) is 117 Å². The molecule has 0 aromatic carbocycles. The van der Waals surface area contributed by atoms with Gasteiger partial charge in [-0.2, -0.15) is 29.4 Å². The number of nitrogens with zero attached hydrogens (tertiary/aromatic N) is 15. The fourth-order valence-electron chi connectivity index (χ4n) is 33.6. The lowest BCUT2D eigenvalue weighted by Crippen LogP contribution is -2.52. The largest absolute Gasteiger partial charge is 0.390 e. The number of tetrazole rings is 3. The van der Waals surface area contributed by atoms with Crippen LogP contribution in [0.2, 0.25) is 0 Å². The summed E-state index contributed by atoms with van der Waals surface area (Å²) in [5.41, 5.74) is 2.70. The van der Waals surface area contributed by atoms with Gasteiger partial charge in [0.1, 0.15) is 12.3 Å². The Morgan fingerprint density at radius 2 is 0.684 bits per heavy atom. The minimum Gasteiger partial charge on any atom is -0.390 e.